The number of benzene rings is 3. The lowest BCUT2D eigenvalue weighted by atomic mass is 10.1. The molecule has 1 heterocycles. The molecule has 1 aliphatic rings. The first-order chi connectivity index (χ1) is 17.0. The molecule has 3 amide bonds. The molecule has 0 aliphatic carbocycles. The van der Waals surface area contributed by atoms with Crippen molar-refractivity contribution in [2.45, 2.75) is 13.0 Å². The Kier molecular flexibility index (Phi) is 7.62. The summed E-state index contributed by atoms with van der Waals surface area (Å²) in [4.78, 5) is 38.9. The molecule has 0 saturated carbocycles. The van der Waals surface area contributed by atoms with Crippen LogP contribution < -0.4 is 25.0 Å². The number of carbonyl (C=O) groups is 3. The van der Waals surface area contributed by atoms with Crippen molar-refractivity contribution in [1.29, 1.82) is 0 Å². The van der Waals surface area contributed by atoms with Gasteiger partial charge in [-0.15, -0.1) is 0 Å². The van der Waals surface area contributed by atoms with E-state index < -0.39 is 5.92 Å². The third-order valence-electron chi connectivity index (χ3n) is 5.72. The first-order valence-electron chi connectivity index (χ1n) is 11.3. The summed E-state index contributed by atoms with van der Waals surface area (Å²) in [5.74, 6) is 0.229. The maximum atomic E-state index is 12.7. The summed E-state index contributed by atoms with van der Waals surface area (Å²) < 4.78 is 10.9. The molecule has 0 spiro atoms. The minimum absolute atomic E-state index is 0.113. The molecule has 1 atom stereocenters. The summed E-state index contributed by atoms with van der Waals surface area (Å²) in [6, 6.07) is 23.5. The van der Waals surface area contributed by atoms with Gasteiger partial charge in [-0.2, -0.15) is 0 Å². The first kappa shape index (κ1) is 23.8. The lowest BCUT2D eigenvalue weighted by Crippen LogP contribution is -2.32. The van der Waals surface area contributed by atoms with Crippen LogP contribution in [0.2, 0.25) is 0 Å². The number of carbonyl (C=O) groups excluding carboxylic acids is 3. The maximum Gasteiger partial charge on any atom is 0.262 e. The molecule has 2 N–H and O–H groups in total. The van der Waals surface area contributed by atoms with Gasteiger partial charge in [0.1, 0.15) is 11.5 Å². The van der Waals surface area contributed by atoms with Crippen LogP contribution in [-0.4, -0.2) is 38.0 Å². The monoisotopic (exact) mass is 473 g/mol. The standard InChI is InChI=1S/C27H27N3O5/c1-34-24-10-6-5-7-19(24)16-28-27(33)20-15-26(32)30(17-20)22-11-13-23(14-12-22)35-18-25(31)29-21-8-3-2-4-9-21/h2-14,20H,15-18H2,1H3,(H,28,33)(H,29,31)/t20-/m0/s1. The van der Waals surface area contributed by atoms with E-state index >= 15 is 0 Å². The maximum absolute atomic E-state index is 12.7. The fourth-order valence-electron chi connectivity index (χ4n) is 3.90. The van der Waals surface area contributed by atoms with Crippen LogP contribution in [0.15, 0.2) is 78.9 Å². The molecule has 1 saturated heterocycles. The van der Waals surface area contributed by atoms with E-state index in [1.54, 1.807) is 48.4 Å². The molecular formula is C27H27N3O5. The lowest BCUT2D eigenvalue weighted by molar-refractivity contribution is -0.126. The molecule has 35 heavy (non-hydrogen) atoms. The minimum Gasteiger partial charge on any atom is -0.496 e. The molecule has 8 heteroatoms. The lowest BCUT2D eigenvalue weighted by Gasteiger charge is -2.17. The number of para-hydroxylation sites is 2. The van der Waals surface area contributed by atoms with Crippen molar-refractivity contribution >= 4 is 29.1 Å². The summed E-state index contributed by atoms with van der Waals surface area (Å²) >= 11 is 0. The van der Waals surface area contributed by atoms with E-state index in [1.165, 1.54) is 0 Å². The Morgan fingerprint density at radius 2 is 1.69 bits per heavy atom. The number of nitrogens with zero attached hydrogens (tertiary/aromatic N) is 1. The number of amides is 3. The van der Waals surface area contributed by atoms with Crippen molar-refractivity contribution in [3.05, 3.63) is 84.4 Å². The number of ether oxygens (including phenoxy) is 2. The Labute approximate surface area is 203 Å². The van der Waals surface area contributed by atoms with Gasteiger partial charge in [0, 0.05) is 36.4 Å². The number of rotatable bonds is 9. The normalized spacial score (nSPS) is 14.9. The summed E-state index contributed by atoms with van der Waals surface area (Å²) in [6.45, 7) is 0.499. The topological polar surface area (TPSA) is 97.0 Å². The van der Waals surface area contributed by atoms with E-state index in [0.29, 0.717) is 36.0 Å². The highest BCUT2D eigenvalue weighted by Gasteiger charge is 2.35. The van der Waals surface area contributed by atoms with Crippen LogP contribution in [0.25, 0.3) is 0 Å². The van der Waals surface area contributed by atoms with Crippen LogP contribution in [-0.2, 0) is 20.9 Å². The molecule has 0 bridgehead atoms. The second kappa shape index (κ2) is 11.2. The van der Waals surface area contributed by atoms with Gasteiger partial charge in [-0.25, -0.2) is 0 Å². The summed E-state index contributed by atoms with van der Waals surface area (Å²) in [6.07, 6.45) is 0.148. The zero-order valence-electron chi connectivity index (χ0n) is 19.4. The highest BCUT2D eigenvalue weighted by molar-refractivity contribution is 6.00. The molecule has 1 fully saturated rings. The van der Waals surface area contributed by atoms with Gasteiger partial charge in [-0.05, 0) is 42.5 Å². The van der Waals surface area contributed by atoms with E-state index in [4.69, 9.17) is 9.47 Å². The van der Waals surface area contributed by atoms with Crippen molar-refractivity contribution in [3.8, 4) is 11.5 Å². The molecule has 0 radical (unpaired) electrons. The van der Waals surface area contributed by atoms with Gasteiger partial charge in [0.2, 0.25) is 11.8 Å². The van der Waals surface area contributed by atoms with Gasteiger partial charge in [-0.1, -0.05) is 36.4 Å². The molecular weight excluding hydrogens is 446 g/mol. The number of anilines is 2. The van der Waals surface area contributed by atoms with Gasteiger partial charge in [-0.3, -0.25) is 14.4 Å². The number of methoxy groups -OCH3 is 1. The van der Waals surface area contributed by atoms with E-state index in [-0.39, 0.29) is 30.7 Å². The largest absolute Gasteiger partial charge is 0.496 e. The average Bonchev–Trinajstić information content (AvgIpc) is 3.28. The van der Waals surface area contributed by atoms with Crippen LogP contribution in [0.4, 0.5) is 11.4 Å². The van der Waals surface area contributed by atoms with Gasteiger partial charge < -0.3 is 25.0 Å². The molecule has 180 valence electrons. The highest BCUT2D eigenvalue weighted by atomic mass is 16.5. The summed E-state index contributed by atoms with van der Waals surface area (Å²) in [5.41, 5.74) is 2.25. The van der Waals surface area contributed by atoms with Crippen molar-refractivity contribution in [1.82, 2.24) is 5.32 Å². The predicted octanol–water partition coefficient (Wildman–Crippen LogP) is 3.38. The number of hydrogen-bond donors (Lipinski definition) is 2. The predicted molar refractivity (Wildman–Crippen MR) is 132 cm³/mol. The second-order valence-corrected chi connectivity index (χ2v) is 8.13. The Hall–Kier alpha value is -4.33. The number of nitrogens with one attached hydrogen (secondary N) is 2. The molecule has 0 unspecified atom stereocenters. The molecule has 0 aromatic heterocycles. The first-order valence-corrected chi connectivity index (χ1v) is 11.3. The molecule has 1 aliphatic heterocycles. The Balaban J connectivity index is 1.28. The molecule has 4 rings (SSSR count). The quantitative estimate of drug-likeness (QED) is 0.497. The molecule has 3 aromatic carbocycles. The van der Waals surface area contributed by atoms with Gasteiger partial charge in [0.25, 0.3) is 5.91 Å². The third kappa shape index (κ3) is 6.17. The van der Waals surface area contributed by atoms with Crippen molar-refractivity contribution < 1.29 is 23.9 Å². The summed E-state index contributed by atoms with van der Waals surface area (Å²) in [7, 11) is 1.59. The minimum atomic E-state index is -0.435. The summed E-state index contributed by atoms with van der Waals surface area (Å²) in [5, 5.41) is 5.66. The van der Waals surface area contributed by atoms with Crippen LogP contribution in [0.1, 0.15) is 12.0 Å². The van der Waals surface area contributed by atoms with Crippen molar-refractivity contribution in [2.24, 2.45) is 5.92 Å². The van der Waals surface area contributed by atoms with E-state index in [9.17, 15) is 14.4 Å². The van der Waals surface area contributed by atoms with Gasteiger partial charge >= 0.3 is 0 Å². The van der Waals surface area contributed by atoms with Gasteiger partial charge in [0.05, 0.1) is 13.0 Å². The molecule has 3 aromatic rings. The van der Waals surface area contributed by atoms with Crippen LogP contribution in [0, 0.1) is 5.92 Å². The van der Waals surface area contributed by atoms with Crippen LogP contribution >= 0.6 is 0 Å². The van der Waals surface area contributed by atoms with Crippen molar-refractivity contribution in [2.75, 3.05) is 30.5 Å². The third-order valence-corrected chi connectivity index (χ3v) is 5.72. The fourth-order valence-corrected chi connectivity index (χ4v) is 3.90. The Bertz CT molecular complexity index is 1180. The SMILES string of the molecule is COc1ccccc1CNC(=O)[C@H]1CC(=O)N(c2ccc(OCC(=O)Nc3ccccc3)cc2)C1. The van der Waals surface area contributed by atoms with E-state index in [1.807, 2.05) is 42.5 Å². The fraction of sp³-hybridized carbons (Fsp3) is 0.222. The Morgan fingerprint density at radius 1 is 0.971 bits per heavy atom. The zero-order valence-corrected chi connectivity index (χ0v) is 19.4. The molecule has 8 nitrogen and oxygen atoms in total. The average molecular weight is 474 g/mol. The second-order valence-electron chi connectivity index (χ2n) is 8.13. The van der Waals surface area contributed by atoms with Crippen LogP contribution in [0.5, 0.6) is 11.5 Å². The van der Waals surface area contributed by atoms with E-state index in [0.717, 1.165) is 5.56 Å². The zero-order chi connectivity index (χ0) is 24.6. The van der Waals surface area contributed by atoms with E-state index in [2.05, 4.69) is 10.6 Å². The van der Waals surface area contributed by atoms with Gasteiger partial charge in [0.15, 0.2) is 6.61 Å². The Morgan fingerprint density at radius 3 is 2.43 bits per heavy atom. The smallest absolute Gasteiger partial charge is 0.262 e. The van der Waals surface area contributed by atoms with Crippen molar-refractivity contribution in [3.63, 3.8) is 0 Å². The number of hydrogen-bond acceptors (Lipinski definition) is 5. The highest BCUT2D eigenvalue weighted by Crippen LogP contribution is 2.27. The van der Waals surface area contributed by atoms with Crippen LogP contribution in [0.3, 0.4) is 0 Å².